The van der Waals surface area contributed by atoms with E-state index in [0.29, 0.717) is 6.42 Å². The molecule has 1 atom stereocenters. The molecule has 1 aromatic heterocycles. The molecule has 0 amide bonds. The van der Waals surface area contributed by atoms with E-state index < -0.39 is 6.10 Å². The van der Waals surface area contributed by atoms with Gasteiger partial charge in [0, 0.05) is 11.9 Å². The maximum absolute atomic E-state index is 10.3. The Morgan fingerprint density at radius 3 is 2.67 bits per heavy atom. The lowest BCUT2D eigenvalue weighted by atomic mass is 9.96. The molecule has 1 N–H and O–H groups in total. The average Bonchev–Trinajstić information content (AvgIpc) is 2.40. The second-order valence-electron chi connectivity index (χ2n) is 4.66. The fourth-order valence-corrected chi connectivity index (χ4v) is 2.12. The summed E-state index contributed by atoms with van der Waals surface area (Å²) >= 11 is 0. The number of aliphatic hydroxyl groups excluding tert-OH is 1. The molecular formula is C16H19NO. The summed E-state index contributed by atoms with van der Waals surface area (Å²) in [4.78, 5) is 4.27. The Labute approximate surface area is 108 Å². The lowest BCUT2D eigenvalue weighted by Gasteiger charge is -2.15. The minimum Gasteiger partial charge on any atom is -0.388 e. The summed E-state index contributed by atoms with van der Waals surface area (Å²) in [5, 5.41) is 10.3. The zero-order chi connectivity index (χ0) is 13.0. The molecule has 0 saturated carbocycles. The lowest BCUT2D eigenvalue weighted by molar-refractivity contribution is 0.166. The van der Waals surface area contributed by atoms with Gasteiger partial charge >= 0.3 is 0 Å². The molecule has 1 heterocycles. The van der Waals surface area contributed by atoms with Crippen molar-refractivity contribution >= 4 is 0 Å². The largest absolute Gasteiger partial charge is 0.388 e. The van der Waals surface area contributed by atoms with Crippen LogP contribution >= 0.6 is 0 Å². The Hall–Kier alpha value is -1.67. The zero-order valence-electron chi connectivity index (χ0n) is 10.9. The number of pyridine rings is 1. The van der Waals surface area contributed by atoms with Crippen molar-refractivity contribution in [3.63, 3.8) is 0 Å². The molecule has 0 radical (unpaired) electrons. The van der Waals surface area contributed by atoms with Crippen molar-refractivity contribution in [3.8, 4) is 0 Å². The van der Waals surface area contributed by atoms with Crippen molar-refractivity contribution in [2.45, 2.75) is 32.8 Å². The van der Waals surface area contributed by atoms with E-state index in [-0.39, 0.29) is 0 Å². The number of hydrogen-bond acceptors (Lipinski definition) is 2. The molecule has 1 unspecified atom stereocenters. The number of aromatic nitrogens is 1. The van der Waals surface area contributed by atoms with Crippen LogP contribution in [0.3, 0.4) is 0 Å². The molecule has 2 nitrogen and oxygen atoms in total. The third-order valence-electron chi connectivity index (χ3n) is 3.41. The van der Waals surface area contributed by atoms with Crippen LogP contribution in [0.15, 0.2) is 42.6 Å². The molecule has 2 heteroatoms. The predicted molar refractivity (Wildman–Crippen MR) is 73.4 cm³/mol. The van der Waals surface area contributed by atoms with Gasteiger partial charge in [-0.15, -0.1) is 0 Å². The molecule has 0 spiro atoms. The summed E-state index contributed by atoms with van der Waals surface area (Å²) in [7, 11) is 0. The van der Waals surface area contributed by atoms with Gasteiger partial charge in [-0.2, -0.15) is 0 Å². The molecule has 0 bridgehead atoms. The Morgan fingerprint density at radius 2 is 1.94 bits per heavy atom. The van der Waals surface area contributed by atoms with Gasteiger partial charge < -0.3 is 5.11 Å². The van der Waals surface area contributed by atoms with E-state index in [1.807, 2.05) is 30.3 Å². The van der Waals surface area contributed by atoms with E-state index in [9.17, 15) is 5.11 Å². The van der Waals surface area contributed by atoms with Crippen LogP contribution < -0.4 is 0 Å². The molecule has 2 rings (SSSR count). The van der Waals surface area contributed by atoms with Crippen molar-refractivity contribution in [2.24, 2.45) is 0 Å². The predicted octanol–water partition coefficient (Wildman–Crippen LogP) is 3.36. The van der Waals surface area contributed by atoms with Gasteiger partial charge in [0.2, 0.25) is 0 Å². The van der Waals surface area contributed by atoms with Gasteiger partial charge in [-0.1, -0.05) is 24.3 Å². The van der Waals surface area contributed by atoms with Crippen molar-refractivity contribution in [2.75, 3.05) is 0 Å². The van der Waals surface area contributed by atoms with E-state index in [4.69, 9.17) is 0 Å². The highest BCUT2D eigenvalue weighted by Gasteiger charge is 2.11. The van der Waals surface area contributed by atoms with E-state index in [0.717, 1.165) is 17.7 Å². The highest BCUT2D eigenvalue weighted by atomic mass is 16.3. The minimum absolute atomic E-state index is 0.410. The molecule has 0 aliphatic heterocycles. The van der Waals surface area contributed by atoms with Gasteiger partial charge in [0.1, 0.15) is 0 Å². The molecule has 1 aromatic carbocycles. The Kier molecular flexibility index (Phi) is 4.11. The molecule has 2 aromatic rings. The van der Waals surface area contributed by atoms with E-state index in [2.05, 4.69) is 24.9 Å². The SMILES string of the molecule is Cc1cccc(C(O)CCc2ccccn2)c1C. The zero-order valence-corrected chi connectivity index (χ0v) is 10.9. The molecular weight excluding hydrogens is 222 g/mol. The summed E-state index contributed by atoms with van der Waals surface area (Å²) in [6.45, 7) is 4.14. The average molecular weight is 241 g/mol. The number of aliphatic hydroxyl groups is 1. The van der Waals surface area contributed by atoms with E-state index in [1.54, 1.807) is 6.20 Å². The third kappa shape index (κ3) is 2.96. The highest BCUT2D eigenvalue weighted by molar-refractivity contribution is 5.34. The second kappa shape index (κ2) is 5.78. The number of aryl methyl sites for hydroxylation is 2. The standard InChI is InChI=1S/C16H19NO/c1-12-6-5-8-15(13(12)2)16(18)10-9-14-7-3-4-11-17-14/h3-8,11,16,18H,9-10H2,1-2H3. The fraction of sp³-hybridized carbons (Fsp3) is 0.312. The molecule has 0 saturated heterocycles. The molecule has 0 fully saturated rings. The smallest absolute Gasteiger partial charge is 0.0796 e. The molecule has 94 valence electrons. The maximum Gasteiger partial charge on any atom is 0.0796 e. The normalized spacial score (nSPS) is 12.4. The van der Waals surface area contributed by atoms with Crippen LogP contribution in [0.2, 0.25) is 0 Å². The quantitative estimate of drug-likeness (QED) is 0.890. The minimum atomic E-state index is -0.410. The fourth-order valence-electron chi connectivity index (χ4n) is 2.12. The van der Waals surface area contributed by atoms with Crippen LogP contribution in [0.4, 0.5) is 0 Å². The summed E-state index contributed by atoms with van der Waals surface area (Å²) in [5.74, 6) is 0. The van der Waals surface area contributed by atoms with Crippen LogP contribution in [0, 0.1) is 13.8 Å². The van der Waals surface area contributed by atoms with Gasteiger partial charge in [0.15, 0.2) is 0 Å². The first-order valence-electron chi connectivity index (χ1n) is 6.32. The van der Waals surface area contributed by atoms with Gasteiger partial charge in [-0.25, -0.2) is 0 Å². The summed E-state index contributed by atoms with van der Waals surface area (Å²) in [5.41, 5.74) is 4.48. The number of nitrogens with zero attached hydrogens (tertiary/aromatic N) is 1. The monoisotopic (exact) mass is 241 g/mol. The highest BCUT2D eigenvalue weighted by Crippen LogP contribution is 2.23. The number of hydrogen-bond donors (Lipinski definition) is 1. The Balaban J connectivity index is 2.04. The first-order chi connectivity index (χ1) is 8.68. The summed E-state index contributed by atoms with van der Waals surface area (Å²) < 4.78 is 0. The Morgan fingerprint density at radius 1 is 1.11 bits per heavy atom. The van der Waals surface area contributed by atoms with Crippen molar-refractivity contribution < 1.29 is 5.11 Å². The lowest BCUT2D eigenvalue weighted by Crippen LogP contribution is -2.03. The van der Waals surface area contributed by atoms with E-state index >= 15 is 0 Å². The third-order valence-corrected chi connectivity index (χ3v) is 3.41. The first-order valence-corrected chi connectivity index (χ1v) is 6.32. The Bertz CT molecular complexity index is 508. The van der Waals surface area contributed by atoms with Crippen LogP contribution in [0.5, 0.6) is 0 Å². The first kappa shape index (κ1) is 12.8. The van der Waals surface area contributed by atoms with Crippen LogP contribution in [0.25, 0.3) is 0 Å². The van der Waals surface area contributed by atoms with Crippen molar-refractivity contribution in [1.82, 2.24) is 4.98 Å². The summed E-state index contributed by atoms with van der Waals surface area (Å²) in [6.07, 6.45) is 2.89. The molecule has 18 heavy (non-hydrogen) atoms. The van der Waals surface area contributed by atoms with Gasteiger partial charge in [0.25, 0.3) is 0 Å². The topological polar surface area (TPSA) is 33.1 Å². The van der Waals surface area contributed by atoms with Gasteiger partial charge in [0.05, 0.1) is 6.10 Å². The number of rotatable bonds is 4. The summed E-state index contributed by atoms with van der Waals surface area (Å²) in [6, 6.07) is 12.0. The van der Waals surface area contributed by atoms with E-state index in [1.165, 1.54) is 11.1 Å². The van der Waals surface area contributed by atoms with Crippen molar-refractivity contribution in [1.29, 1.82) is 0 Å². The molecule has 0 aliphatic rings. The second-order valence-corrected chi connectivity index (χ2v) is 4.66. The van der Waals surface area contributed by atoms with Crippen LogP contribution in [0.1, 0.15) is 34.9 Å². The van der Waals surface area contributed by atoms with Crippen LogP contribution in [-0.2, 0) is 6.42 Å². The van der Waals surface area contributed by atoms with Crippen LogP contribution in [-0.4, -0.2) is 10.1 Å². The van der Waals surface area contributed by atoms with Gasteiger partial charge in [-0.3, -0.25) is 4.98 Å². The van der Waals surface area contributed by atoms with Gasteiger partial charge in [-0.05, 0) is 55.5 Å². The maximum atomic E-state index is 10.3. The van der Waals surface area contributed by atoms with Crippen molar-refractivity contribution in [3.05, 3.63) is 65.0 Å². The molecule has 0 aliphatic carbocycles. The number of benzene rings is 1.